The molecule has 0 spiro atoms. The number of carbonyl (C=O) groups excluding carboxylic acids is 1. The van der Waals surface area contributed by atoms with Crippen LogP contribution >= 0.6 is 0 Å². The number of ether oxygens (including phenoxy) is 2. The van der Waals surface area contributed by atoms with Gasteiger partial charge in [-0.05, 0) is 63.5 Å². The third-order valence-corrected chi connectivity index (χ3v) is 5.27. The Bertz CT molecular complexity index is 678. The maximum absolute atomic E-state index is 12.2. The molecule has 0 unspecified atom stereocenters. The first-order valence-electron chi connectivity index (χ1n) is 10.1. The van der Waals surface area contributed by atoms with E-state index in [0.717, 1.165) is 44.3 Å². The fraction of sp³-hybridized carbons (Fsp3) is 0.600. The summed E-state index contributed by atoms with van der Waals surface area (Å²) in [6.07, 6.45) is 11.1. The van der Waals surface area contributed by atoms with E-state index in [2.05, 4.69) is 10.3 Å². The van der Waals surface area contributed by atoms with Gasteiger partial charge in [-0.15, -0.1) is 0 Å². The number of carbonyl (C=O) groups is 1. The first-order chi connectivity index (χ1) is 13.5. The maximum Gasteiger partial charge on any atom is 0.413 e. The van der Waals surface area contributed by atoms with Crippen LogP contribution in [0.5, 0.6) is 5.75 Å². The lowest BCUT2D eigenvalue weighted by atomic mass is 9.98. The van der Waals surface area contributed by atoms with Crippen LogP contribution in [0.25, 0.3) is 5.70 Å². The molecule has 0 radical (unpaired) electrons. The van der Waals surface area contributed by atoms with Crippen molar-refractivity contribution in [1.29, 1.82) is 0 Å². The van der Waals surface area contributed by atoms with Crippen molar-refractivity contribution in [3.05, 3.63) is 29.8 Å². The van der Waals surface area contributed by atoms with Crippen LogP contribution in [0, 0.1) is 0 Å². The van der Waals surface area contributed by atoms with Crippen molar-refractivity contribution >= 4 is 11.8 Å². The molecule has 1 amide bonds. The number of amides is 1. The van der Waals surface area contributed by atoms with Gasteiger partial charge in [0, 0.05) is 7.05 Å². The van der Waals surface area contributed by atoms with Gasteiger partial charge in [-0.2, -0.15) is 0 Å². The summed E-state index contributed by atoms with van der Waals surface area (Å²) in [5.74, 6) is 6.83. The Kier molecular flexibility index (Phi) is 6.97. The highest BCUT2D eigenvalue weighted by atomic mass is 16.6. The van der Waals surface area contributed by atoms with Gasteiger partial charge in [0.1, 0.15) is 17.6 Å². The van der Waals surface area contributed by atoms with Crippen LogP contribution in [0.4, 0.5) is 4.79 Å². The smallest absolute Gasteiger partial charge is 0.413 e. The van der Waals surface area contributed by atoms with E-state index in [-0.39, 0.29) is 23.7 Å². The SMILES string of the molecule is CN(N)/C(NC(=O)OC1CCCC1)=C(\N)c1ccc(OC2CCCCC2)cn1. The lowest BCUT2D eigenvalue weighted by Gasteiger charge is -2.23. The number of hydrazine groups is 1. The van der Waals surface area contributed by atoms with Crippen LogP contribution in [0.15, 0.2) is 24.2 Å². The zero-order valence-corrected chi connectivity index (χ0v) is 16.5. The summed E-state index contributed by atoms with van der Waals surface area (Å²) >= 11 is 0. The highest BCUT2D eigenvalue weighted by Gasteiger charge is 2.21. The average Bonchev–Trinajstić information content (AvgIpc) is 3.20. The van der Waals surface area contributed by atoms with Crippen molar-refractivity contribution in [3.63, 3.8) is 0 Å². The molecule has 1 aromatic rings. The minimum Gasteiger partial charge on any atom is -0.489 e. The zero-order valence-electron chi connectivity index (χ0n) is 16.5. The average molecular weight is 390 g/mol. The number of nitrogens with two attached hydrogens (primary N) is 2. The molecule has 2 fully saturated rings. The molecule has 2 aliphatic rings. The second-order valence-corrected chi connectivity index (χ2v) is 7.57. The monoisotopic (exact) mass is 389 g/mol. The van der Waals surface area contributed by atoms with E-state index in [1.54, 1.807) is 19.3 Å². The Labute approximate surface area is 166 Å². The van der Waals surface area contributed by atoms with E-state index >= 15 is 0 Å². The fourth-order valence-corrected chi connectivity index (χ4v) is 3.74. The number of nitrogens with one attached hydrogen (secondary N) is 1. The molecule has 28 heavy (non-hydrogen) atoms. The standard InChI is InChI=1S/C20H31N5O3/c1-25(22)19(24-20(26)28-15-9-5-6-10-15)18(21)17-12-11-16(13-23-17)27-14-7-3-2-4-8-14/h11-15H,2-10,21-22H2,1H3,(H,24,26)/b19-18-. The summed E-state index contributed by atoms with van der Waals surface area (Å²) in [6.45, 7) is 0. The van der Waals surface area contributed by atoms with Crippen molar-refractivity contribution in [2.45, 2.75) is 70.0 Å². The van der Waals surface area contributed by atoms with Crippen molar-refractivity contribution < 1.29 is 14.3 Å². The van der Waals surface area contributed by atoms with Gasteiger partial charge >= 0.3 is 6.09 Å². The van der Waals surface area contributed by atoms with E-state index in [9.17, 15) is 4.79 Å². The first-order valence-corrected chi connectivity index (χ1v) is 10.1. The molecule has 0 atom stereocenters. The van der Waals surface area contributed by atoms with Gasteiger partial charge in [-0.3, -0.25) is 15.3 Å². The lowest BCUT2D eigenvalue weighted by Crippen LogP contribution is -2.40. The van der Waals surface area contributed by atoms with E-state index in [1.807, 2.05) is 6.07 Å². The van der Waals surface area contributed by atoms with Crippen LogP contribution in [0.1, 0.15) is 63.5 Å². The van der Waals surface area contributed by atoms with E-state index in [0.29, 0.717) is 5.69 Å². The number of aromatic nitrogens is 1. The number of nitrogens with zero attached hydrogens (tertiary/aromatic N) is 2. The Hall–Kier alpha value is -2.48. The van der Waals surface area contributed by atoms with Gasteiger partial charge in [0.05, 0.1) is 18.0 Å². The highest BCUT2D eigenvalue weighted by molar-refractivity contribution is 5.74. The fourth-order valence-electron chi connectivity index (χ4n) is 3.74. The molecule has 0 bridgehead atoms. The van der Waals surface area contributed by atoms with Crippen LogP contribution in [0.2, 0.25) is 0 Å². The summed E-state index contributed by atoms with van der Waals surface area (Å²) in [5.41, 5.74) is 6.98. The van der Waals surface area contributed by atoms with Crippen molar-refractivity contribution in [3.8, 4) is 5.75 Å². The number of hydrogen-bond acceptors (Lipinski definition) is 7. The number of alkyl carbamates (subject to hydrolysis) is 1. The van der Waals surface area contributed by atoms with Crippen LogP contribution in [0.3, 0.4) is 0 Å². The van der Waals surface area contributed by atoms with E-state index in [1.165, 1.54) is 24.3 Å². The third kappa shape index (κ3) is 5.51. The highest BCUT2D eigenvalue weighted by Crippen LogP contribution is 2.24. The van der Waals surface area contributed by atoms with Gasteiger partial charge in [0.25, 0.3) is 0 Å². The van der Waals surface area contributed by atoms with Gasteiger partial charge in [-0.25, -0.2) is 10.6 Å². The number of rotatable bonds is 6. The summed E-state index contributed by atoms with van der Waals surface area (Å²) in [6, 6.07) is 3.61. The summed E-state index contributed by atoms with van der Waals surface area (Å²) in [7, 11) is 1.60. The van der Waals surface area contributed by atoms with Crippen molar-refractivity contribution in [2.75, 3.05) is 7.05 Å². The van der Waals surface area contributed by atoms with Gasteiger partial charge in [0.2, 0.25) is 0 Å². The van der Waals surface area contributed by atoms with Crippen molar-refractivity contribution in [2.24, 2.45) is 11.6 Å². The quantitative estimate of drug-likeness (QED) is 0.506. The number of hydrogen-bond donors (Lipinski definition) is 3. The molecule has 2 aliphatic carbocycles. The van der Waals surface area contributed by atoms with E-state index < -0.39 is 6.09 Å². The molecular weight excluding hydrogens is 358 g/mol. The van der Waals surface area contributed by atoms with Crippen LogP contribution in [-0.4, -0.2) is 35.3 Å². The molecule has 2 saturated carbocycles. The largest absolute Gasteiger partial charge is 0.489 e. The predicted molar refractivity (Wildman–Crippen MR) is 107 cm³/mol. The second kappa shape index (κ2) is 9.64. The zero-order chi connectivity index (χ0) is 19.9. The molecule has 5 N–H and O–H groups in total. The number of pyridine rings is 1. The Morgan fingerprint density at radius 3 is 2.36 bits per heavy atom. The molecule has 0 aliphatic heterocycles. The van der Waals surface area contributed by atoms with Gasteiger partial charge in [0.15, 0.2) is 5.82 Å². The lowest BCUT2D eigenvalue weighted by molar-refractivity contribution is 0.101. The Morgan fingerprint density at radius 2 is 1.75 bits per heavy atom. The molecule has 0 saturated heterocycles. The van der Waals surface area contributed by atoms with E-state index in [4.69, 9.17) is 21.1 Å². The van der Waals surface area contributed by atoms with Crippen LogP contribution in [-0.2, 0) is 4.74 Å². The first kappa shape index (κ1) is 20.3. The topological polar surface area (TPSA) is 116 Å². The van der Waals surface area contributed by atoms with Crippen molar-refractivity contribution in [1.82, 2.24) is 15.3 Å². The Balaban J connectivity index is 1.65. The van der Waals surface area contributed by atoms with Crippen LogP contribution < -0.4 is 21.6 Å². The van der Waals surface area contributed by atoms with Gasteiger partial charge < -0.3 is 15.2 Å². The molecule has 8 heteroatoms. The summed E-state index contributed by atoms with van der Waals surface area (Å²) in [5, 5.41) is 3.89. The molecular formula is C20H31N5O3. The second-order valence-electron chi connectivity index (χ2n) is 7.57. The van der Waals surface area contributed by atoms with Gasteiger partial charge in [-0.1, -0.05) is 6.42 Å². The molecule has 8 nitrogen and oxygen atoms in total. The third-order valence-electron chi connectivity index (χ3n) is 5.27. The molecule has 3 rings (SSSR count). The molecule has 0 aromatic carbocycles. The molecule has 154 valence electrons. The minimum absolute atomic E-state index is 0.0418. The molecule has 1 heterocycles. The Morgan fingerprint density at radius 1 is 1.11 bits per heavy atom. The summed E-state index contributed by atoms with van der Waals surface area (Å²) in [4.78, 5) is 16.6. The molecule has 1 aromatic heterocycles. The summed E-state index contributed by atoms with van der Waals surface area (Å²) < 4.78 is 11.4. The normalized spacial score (nSPS) is 19.1. The predicted octanol–water partition coefficient (Wildman–Crippen LogP) is 2.85. The minimum atomic E-state index is -0.556. The maximum atomic E-state index is 12.2.